The normalized spacial score (nSPS) is 20.9. The van der Waals surface area contributed by atoms with Crippen molar-refractivity contribution in [2.45, 2.75) is 18.8 Å². The first kappa shape index (κ1) is 28.9. The zero-order valence-electron chi connectivity index (χ0n) is 22.9. The van der Waals surface area contributed by atoms with Crippen LogP contribution in [0.2, 0.25) is 0 Å². The second-order valence-electron chi connectivity index (χ2n) is 10.0. The van der Waals surface area contributed by atoms with Gasteiger partial charge in [-0.05, 0) is 35.4 Å². The average molecular weight is 615 g/mol. The molecule has 43 heavy (non-hydrogen) atoms. The van der Waals surface area contributed by atoms with Gasteiger partial charge in [0.2, 0.25) is 11.7 Å². The fourth-order valence-electron chi connectivity index (χ4n) is 5.30. The zero-order valence-corrected chi connectivity index (χ0v) is 23.7. The average Bonchev–Trinajstić information content (AvgIpc) is 3.63. The third-order valence-corrected chi connectivity index (χ3v) is 8.83. The quantitative estimate of drug-likeness (QED) is 0.169. The molecule has 1 saturated heterocycles. The molecule has 0 radical (unpaired) electrons. The molecule has 0 spiro atoms. The Hall–Kier alpha value is -4.18. The summed E-state index contributed by atoms with van der Waals surface area (Å²) in [5, 5.41) is 15.1. The predicted octanol–water partition coefficient (Wildman–Crippen LogP) is 4.36. The number of quaternary nitrogens is 1. The SMILES string of the molecule is COc1ccc2nc(C(F)(F)F)n(CC(=O)[N+]3([O-])CC[S+]([O-])C[C@H]3c3ncc(-c4cc5ccccc5nc4OC)[nH]3)c2c1. The number of hydrogen-bond acceptors (Lipinski definition) is 8. The molecule has 4 heterocycles. The summed E-state index contributed by atoms with van der Waals surface area (Å²) in [5.74, 6) is -2.04. The fraction of sp³-hybridized carbons (Fsp3) is 0.286. The van der Waals surface area contributed by atoms with E-state index in [2.05, 4.69) is 19.9 Å². The van der Waals surface area contributed by atoms with Gasteiger partial charge in [-0.2, -0.15) is 13.2 Å². The number of methoxy groups -OCH3 is 2. The van der Waals surface area contributed by atoms with Crippen molar-refractivity contribution in [3.05, 3.63) is 71.6 Å². The number of nitrogens with zero attached hydrogens (tertiary/aromatic N) is 5. The van der Waals surface area contributed by atoms with E-state index >= 15 is 0 Å². The maximum Gasteiger partial charge on any atom is 0.449 e. The van der Waals surface area contributed by atoms with Gasteiger partial charge in [-0.3, -0.25) is 4.65 Å². The summed E-state index contributed by atoms with van der Waals surface area (Å²) < 4.78 is 64.4. The molecule has 6 rings (SSSR count). The maximum absolute atomic E-state index is 14.3. The van der Waals surface area contributed by atoms with Gasteiger partial charge in [0.05, 0.1) is 48.2 Å². The number of rotatable bonds is 6. The van der Waals surface area contributed by atoms with Gasteiger partial charge in [0.1, 0.15) is 18.8 Å². The minimum Gasteiger partial charge on any atom is -0.624 e. The number of fused-ring (bicyclic) bond motifs is 2. The molecule has 224 valence electrons. The molecule has 1 aliphatic heterocycles. The van der Waals surface area contributed by atoms with E-state index in [1.165, 1.54) is 38.6 Å². The molecule has 2 aromatic carbocycles. The van der Waals surface area contributed by atoms with Crippen LogP contribution in [0.4, 0.5) is 13.2 Å². The summed E-state index contributed by atoms with van der Waals surface area (Å²) in [4.78, 5) is 29.3. The number of hydrogen-bond donors (Lipinski definition) is 1. The lowest BCUT2D eigenvalue weighted by molar-refractivity contribution is -0.834. The number of ether oxygens (including phenoxy) is 2. The van der Waals surface area contributed by atoms with Gasteiger partial charge in [-0.1, -0.05) is 18.2 Å². The van der Waals surface area contributed by atoms with Crippen molar-refractivity contribution in [2.75, 3.05) is 32.3 Å². The molecule has 2 unspecified atom stereocenters. The summed E-state index contributed by atoms with van der Waals surface area (Å²) in [6.07, 6.45) is -3.45. The number of imidazole rings is 2. The summed E-state index contributed by atoms with van der Waals surface area (Å²) >= 11 is -1.46. The monoisotopic (exact) mass is 614 g/mol. The number of alkyl halides is 3. The summed E-state index contributed by atoms with van der Waals surface area (Å²) in [6.45, 7) is -1.31. The van der Waals surface area contributed by atoms with Crippen molar-refractivity contribution in [3.8, 4) is 22.9 Å². The van der Waals surface area contributed by atoms with Crippen molar-refractivity contribution >= 4 is 39.0 Å². The minimum absolute atomic E-state index is 0.0108. The van der Waals surface area contributed by atoms with E-state index in [0.717, 1.165) is 5.39 Å². The van der Waals surface area contributed by atoms with Crippen LogP contribution in [0.25, 0.3) is 33.2 Å². The number of carbonyl (C=O) groups is 1. The van der Waals surface area contributed by atoms with Crippen LogP contribution in [0, 0.1) is 5.21 Å². The number of carbonyl (C=O) groups excluding carboxylic acids is 1. The number of hydroxylamine groups is 3. The first-order chi connectivity index (χ1) is 20.5. The first-order valence-electron chi connectivity index (χ1n) is 13.1. The lowest BCUT2D eigenvalue weighted by atomic mass is 10.1. The Labute approximate surface area is 245 Å². The van der Waals surface area contributed by atoms with E-state index < -0.39 is 52.9 Å². The second kappa shape index (κ2) is 10.8. The molecule has 1 fully saturated rings. The van der Waals surface area contributed by atoms with Crippen LogP contribution in [-0.2, 0) is 28.7 Å². The van der Waals surface area contributed by atoms with Crippen molar-refractivity contribution in [1.29, 1.82) is 0 Å². The number of pyridine rings is 1. The molecule has 0 bridgehead atoms. The Morgan fingerprint density at radius 3 is 2.67 bits per heavy atom. The van der Waals surface area contributed by atoms with Gasteiger partial charge in [0.25, 0.3) is 0 Å². The van der Waals surface area contributed by atoms with Crippen LogP contribution in [0.1, 0.15) is 17.7 Å². The van der Waals surface area contributed by atoms with Crippen molar-refractivity contribution < 1.29 is 36.6 Å². The lowest BCUT2D eigenvalue weighted by Gasteiger charge is -2.47. The fourth-order valence-corrected chi connectivity index (χ4v) is 6.69. The molecule has 0 saturated carbocycles. The largest absolute Gasteiger partial charge is 0.624 e. The van der Waals surface area contributed by atoms with Crippen LogP contribution < -0.4 is 9.47 Å². The van der Waals surface area contributed by atoms with Crippen molar-refractivity contribution in [3.63, 3.8) is 0 Å². The highest BCUT2D eigenvalue weighted by Gasteiger charge is 2.48. The van der Waals surface area contributed by atoms with E-state index in [1.54, 1.807) is 0 Å². The Bertz CT molecular complexity index is 1840. The third kappa shape index (κ3) is 5.18. The zero-order chi connectivity index (χ0) is 30.5. The highest BCUT2D eigenvalue weighted by Crippen LogP contribution is 2.38. The van der Waals surface area contributed by atoms with Crippen LogP contribution >= 0.6 is 0 Å². The van der Waals surface area contributed by atoms with Crippen LogP contribution in [-0.4, -0.2) is 71.9 Å². The minimum atomic E-state index is -4.90. The Morgan fingerprint density at radius 1 is 1.14 bits per heavy atom. The topological polar surface area (TPSA) is 141 Å². The van der Waals surface area contributed by atoms with Gasteiger partial charge in [-0.25, -0.2) is 19.7 Å². The van der Waals surface area contributed by atoms with Crippen LogP contribution in [0.5, 0.6) is 11.6 Å². The molecule has 11 nitrogen and oxygen atoms in total. The molecule has 3 atom stereocenters. The number of halogens is 3. The van der Waals surface area contributed by atoms with Crippen molar-refractivity contribution in [2.24, 2.45) is 0 Å². The molecule has 3 aromatic heterocycles. The summed E-state index contributed by atoms with van der Waals surface area (Å²) in [6, 6.07) is 12.1. The second-order valence-corrected chi connectivity index (χ2v) is 11.7. The van der Waals surface area contributed by atoms with E-state index in [9.17, 15) is 27.7 Å². The standard InChI is InChI=1S/C28H25F3N6O5S/c1-41-17-7-8-20-22(12-17)36(27(35-20)28(29,30)31)14-24(38)37(39)9-10-43(40)15-23(37)25-32-13-21(33-25)18-11-16-5-3-4-6-19(16)34-26(18)42-2/h3-8,11-13,23H,9-10,14-15H2,1-2H3,(H,32,33)/t23-,37?,43?/m0/s1. The molecule has 1 amide bonds. The lowest BCUT2D eigenvalue weighted by Crippen LogP contribution is -2.59. The Kier molecular flexibility index (Phi) is 7.28. The molecule has 5 aromatic rings. The number of para-hydroxylation sites is 1. The molecule has 0 aliphatic carbocycles. The number of amides is 1. The predicted molar refractivity (Wildman–Crippen MR) is 151 cm³/mol. The van der Waals surface area contributed by atoms with Gasteiger partial charge >= 0.3 is 12.1 Å². The van der Waals surface area contributed by atoms with Crippen LogP contribution in [0.15, 0.2) is 54.7 Å². The molecule has 1 N–H and O–H groups in total. The van der Waals surface area contributed by atoms with E-state index in [0.29, 0.717) is 27.2 Å². The highest BCUT2D eigenvalue weighted by molar-refractivity contribution is 7.91. The first-order valence-corrected chi connectivity index (χ1v) is 14.6. The number of H-pyrrole nitrogens is 1. The maximum atomic E-state index is 14.3. The Balaban J connectivity index is 1.38. The number of nitrogens with one attached hydrogen (secondary N) is 1. The smallest absolute Gasteiger partial charge is 0.449 e. The van der Waals surface area contributed by atoms with Crippen molar-refractivity contribution in [1.82, 2.24) is 24.5 Å². The van der Waals surface area contributed by atoms with Crippen LogP contribution in [0.3, 0.4) is 0 Å². The summed E-state index contributed by atoms with van der Waals surface area (Å²) in [7, 11) is 2.82. The van der Waals surface area contributed by atoms with Gasteiger partial charge < -0.3 is 28.8 Å². The highest BCUT2D eigenvalue weighted by atomic mass is 32.2. The molecular formula is C28H25F3N6O5S. The van der Waals surface area contributed by atoms with Gasteiger partial charge in [0.15, 0.2) is 23.4 Å². The number of aromatic nitrogens is 5. The van der Waals surface area contributed by atoms with Gasteiger partial charge in [-0.15, -0.1) is 0 Å². The van der Waals surface area contributed by atoms with E-state index in [1.807, 2.05) is 30.3 Å². The molecule has 15 heteroatoms. The van der Waals surface area contributed by atoms with E-state index in [4.69, 9.17) is 9.47 Å². The number of benzene rings is 2. The molecular weight excluding hydrogens is 589 g/mol. The van der Waals surface area contributed by atoms with E-state index in [-0.39, 0.29) is 34.1 Å². The Morgan fingerprint density at radius 2 is 1.93 bits per heavy atom. The summed E-state index contributed by atoms with van der Waals surface area (Å²) in [5.41, 5.74) is 1.66. The van der Waals surface area contributed by atoms with Gasteiger partial charge in [0, 0.05) is 11.5 Å². The number of aromatic amines is 1. The molecule has 1 aliphatic rings. The third-order valence-electron chi connectivity index (χ3n) is 7.51.